The molecule has 0 saturated heterocycles. The zero-order valence-corrected chi connectivity index (χ0v) is 21.1. The number of urea groups is 1. The van der Waals surface area contributed by atoms with Gasteiger partial charge in [0.15, 0.2) is 0 Å². The number of aliphatic hydroxyl groups excluding tert-OH is 1. The number of benzene rings is 1. The first-order valence-electron chi connectivity index (χ1n) is 12.1. The standard InChI is InChI=1S/C24H33F3N6O4/c1-16-11-33(17(2)14-34)22(35)9-6-10-32-12-18(29-30-32)15-37-21(16)13-31(3)23(36)28-20-8-5-4-7-19(20)24(25,26)27/h4-5,7-8,12,16-17,21,34H,6,9-11,13-15H2,1-3H3,(H,28,36)/t16-,17-,21+/m1/s1. The number of aliphatic hydroxyl groups is 1. The van der Waals surface area contributed by atoms with Gasteiger partial charge in [-0.3, -0.25) is 9.48 Å². The van der Waals surface area contributed by atoms with Gasteiger partial charge in [0.05, 0.1) is 42.8 Å². The number of rotatable bonds is 5. The van der Waals surface area contributed by atoms with Crippen molar-refractivity contribution in [3.8, 4) is 0 Å². The van der Waals surface area contributed by atoms with Gasteiger partial charge < -0.3 is 25.0 Å². The van der Waals surface area contributed by atoms with Crippen molar-refractivity contribution in [3.63, 3.8) is 0 Å². The van der Waals surface area contributed by atoms with E-state index in [0.29, 0.717) is 18.7 Å². The van der Waals surface area contributed by atoms with Crippen molar-refractivity contribution < 1.29 is 32.6 Å². The highest BCUT2D eigenvalue weighted by Crippen LogP contribution is 2.34. The largest absolute Gasteiger partial charge is 0.418 e. The van der Waals surface area contributed by atoms with Crippen LogP contribution >= 0.6 is 0 Å². The van der Waals surface area contributed by atoms with Gasteiger partial charge >= 0.3 is 12.2 Å². The summed E-state index contributed by atoms with van der Waals surface area (Å²) in [6, 6.07) is 3.59. The lowest BCUT2D eigenvalue weighted by atomic mass is 10.0. The molecule has 37 heavy (non-hydrogen) atoms. The van der Waals surface area contributed by atoms with Crippen LogP contribution < -0.4 is 5.32 Å². The summed E-state index contributed by atoms with van der Waals surface area (Å²) in [6.45, 7) is 4.30. The zero-order chi connectivity index (χ0) is 27.2. The summed E-state index contributed by atoms with van der Waals surface area (Å²) in [5.74, 6) is -0.409. The quantitative estimate of drug-likeness (QED) is 0.620. The van der Waals surface area contributed by atoms with Crippen LogP contribution in [-0.2, 0) is 28.9 Å². The highest BCUT2D eigenvalue weighted by Gasteiger charge is 2.34. The Balaban J connectivity index is 1.78. The fourth-order valence-corrected chi connectivity index (χ4v) is 4.10. The Bertz CT molecular complexity index is 1060. The summed E-state index contributed by atoms with van der Waals surface area (Å²) in [5, 5.41) is 20.2. The molecular formula is C24H33F3N6O4. The van der Waals surface area contributed by atoms with Gasteiger partial charge in [-0.05, 0) is 25.5 Å². The number of ether oxygens (including phenoxy) is 1. The second kappa shape index (κ2) is 12.4. The molecule has 10 nitrogen and oxygen atoms in total. The minimum absolute atomic E-state index is 0.0326. The van der Waals surface area contributed by atoms with E-state index < -0.39 is 29.9 Å². The van der Waals surface area contributed by atoms with Gasteiger partial charge in [-0.2, -0.15) is 13.2 Å². The Morgan fingerprint density at radius 2 is 2.08 bits per heavy atom. The van der Waals surface area contributed by atoms with Crippen LogP contribution in [0.4, 0.5) is 23.7 Å². The van der Waals surface area contributed by atoms with Crippen molar-refractivity contribution in [2.75, 3.05) is 32.1 Å². The van der Waals surface area contributed by atoms with Gasteiger partial charge in [0, 0.05) is 39.0 Å². The summed E-state index contributed by atoms with van der Waals surface area (Å²) >= 11 is 0. The van der Waals surface area contributed by atoms with Crippen molar-refractivity contribution in [2.45, 2.75) is 58.2 Å². The van der Waals surface area contributed by atoms with Crippen molar-refractivity contribution >= 4 is 17.6 Å². The summed E-state index contributed by atoms with van der Waals surface area (Å²) in [5.41, 5.74) is -0.714. The number of para-hydroxylation sites is 1. The molecule has 204 valence electrons. The molecule has 0 radical (unpaired) electrons. The maximum atomic E-state index is 13.3. The molecular weight excluding hydrogens is 493 g/mol. The number of amides is 3. The van der Waals surface area contributed by atoms with Crippen LogP contribution in [-0.4, -0.2) is 80.7 Å². The summed E-state index contributed by atoms with van der Waals surface area (Å²) in [6.07, 6.45) is -2.68. The van der Waals surface area contributed by atoms with Gasteiger partial charge in [0.1, 0.15) is 5.69 Å². The molecule has 1 aromatic heterocycles. The Hall–Kier alpha value is -3.19. The lowest BCUT2D eigenvalue weighted by Crippen LogP contribution is -2.48. The summed E-state index contributed by atoms with van der Waals surface area (Å²) in [7, 11) is 1.46. The lowest BCUT2D eigenvalue weighted by Gasteiger charge is -2.35. The van der Waals surface area contributed by atoms with E-state index in [0.717, 1.165) is 6.07 Å². The van der Waals surface area contributed by atoms with E-state index in [1.807, 2.05) is 6.92 Å². The van der Waals surface area contributed by atoms with Crippen molar-refractivity contribution in [1.82, 2.24) is 24.8 Å². The summed E-state index contributed by atoms with van der Waals surface area (Å²) < 4.78 is 47.8. The third kappa shape index (κ3) is 7.65. The van der Waals surface area contributed by atoms with Crippen LogP contribution in [0.15, 0.2) is 30.5 Å². The molecule has 2 aromatic rings. The van der Waals surface area contributed by atoms with Crippen molar-refractivity contribution in [2.24, 2.45) is 5.92 Å². The molecule has 0 unspecified atom stereocenters. The number of alkyl halides is 3. The summed E-state index contributed by atoms with van der Waals surface area (Å²) in [4.78, 5) is 28.6. The van der Waals surface area contributed by atoms with Crippen LogP contribution in [0.2, 0.25) is 0 Å². The third-order valence-corrected chi connectivity index (χ3v) is 6.32. The number of carbonyl (C=O) groups is 2. The Kier molecular flexibility index (Phi) is 9.49. The number of aryl methyl sites for hydroxylation is 1. The molecule has 0 saturated carbocycles. The van der Waals surface area contributed by atoms with Gasteiger partial charge in [0.2, 0.25) is 5.91 Å². The molecule has 2 N–H and O–H groups in total. The van der Waals surface area contributed by atoms with Crippen LogP contribution in [0.1, 0.15) is 37.9 Å². The Morgan fingerprint density at radius 3 is 2.78 bits per heavy atom. The SMILES string of the molecule is C[C@@H]1CN([C@H](C)CO)C(=O)CCCn2cc(nn2)CO[C@H]1CN(C)C(=O)Nc1ccccc1C(F)(F)F. The van der Waals surface area contributed by atoms with Crippen molar-refractivity contribution in [1.29, 1.82) is 0 Å². The topological polar surface area (TPSA) is 113 Å². The maximum absolute atomic E-state index is 13.3. The molecule has 3 atom stereocenters. The molecule has 0 aliphatic carbocycles. The third-order valence-electron chi connectivity index (χ3n) is 6.32. The smallest absolute Gasteiger partial charge is 0.394 e. The molecule has 1 aromatic carbocycles. The Morgan fingerprint density at radius 1 is 1.35 bits per heavy atom. The highest BCUT2D eigenvalue weighted by atomic mass is 19.4. The normalized spacial score (nSPS) is 20.4. The monoisotopic (exact) mass is 526 g/mol. The number of carbonyl (C=O) groups excluding carboxylic acids is 2. The van der Waals surface area contributed by atoms with E-state index in [1.165, 1.54) is 30.1 Å². The first-order chi connectivity index (χ1) is 17.5. The lowest BCUT2D eigenvalue weighted by molar-refractivity contribution is -0.137. The number of likely N-dealkylation sites (N-methyl/N-ethyl adjacent to an activating group) is 1. The molecule has 2 bridgehead atoms. The molecule has 3 amide bonds. The van der Waals surface area contributed by atoms with Crippen LogP contribution in [0.25, 0.3) is 0 Å². The number of anilines is 1. The first-order valence-corrected chi connectivity index (χ1v) is 12.1. The van der Waals surface area contributed by atoms with E-state index in [2.05, 4.69) is 15.6 Å². The average Bonchev–Trinajstić information content (AvgIpc) is 3.31. The van der Waals surface area contributed by atoms with Gasteiger partial charge in [-0.25, -0.2) is 4.79 Å². The number of hydrogen-bond donors (Lipinski definition) is 2. The average molecular weight is 527 g/mol. The fourth-order valence-electron chi connectivity index (χ4n) is 4.10. The number of hydrogen-bond acceptors (Lipinski definition) is 6. The molecule has 0 fully saturated rings. The number of aromatic nitrogens is 3. The molecule has 1 aliphatic heterocycles. The van der Waals surface area contributed by atoms with E-state index in [-0.39, 0.29) is 50.2 Å². The molecule has 0 spiro atoms. The highest BCUT2D eigenvalue weighted by molar-refractivity contribution is 5.90. The van der Waals surface area contributed by atoms with E-state index in [1.54, 1.807) is 22.7 Å². The maximum Gasteiger partial charge on any atom is 0.418 e. The predicted molar refractivity (Wildman–Crippen MR) is 128 cm³/mol. The predicted octanol–water partition coefficient (Wildman–Crippen LogP) is 2.99. The van der Waals surface area contributed by atoms with Gasteiger partial charge in [-0.1, -0.05) is 24.3 Å². The molecule has 2 heterocycles. The van der Waals surface area contributed by atoms with Crippen molar-refractivity contribution in [3.05, 3.63) is 41.7 Å². The second-order valence-electron chi connectivity index (χ2n) is 9.33. The first kappa shape index (κ1) is 28.4. The molecule has 13 heteroatoms. The van der Waals surface area contributed by atoms with Gasteiger partial charge in [-0.15, -0.1) is 5.10 Å². The van der Waals surface area contributed by atoms with E-state index >= 15 is 0 Å². The number of nitrogens with zero attached hydrogens (tertiary/aromatic N) is 5. The van der Waals surface area contributed by atoms with Gasteiger partial charge in [0.25, 0.3) is 0 Å². The second-order valence-corrected chi connectivity index (χ2v) is 9.33. The number of nitrogens with one attached hydrogen (secondary N) is 1. The Labute approximate surface area is 213 Å². The van der Waals surface area contributed by atoms with E-state index in [9.17, 15) is 27.9 Å². The van der Waals surface area contributed by atoms with Crippen LogP contribution in [0.3, 0.4) is 0 Å². The number of halogens is 3. The zero-order valence-electron chi connectivity index (χ0n) is 21.1. The van der Waals surface area contributed by atoms with E-state index in [4.69, 9.17) is 4.74 Å². The molecule has 3 rings (SSSR count). The molecule has 1 aliphatic rings. The number of fused-ring (bicyclic) bond motifs is 2. The minimum atomic E-state index is -4.62. The minimum Gasteiger partial charge on any atom is -0.394 e. The van der Waals surface area contributed by atoms with Crippen LogP contribution in [0.5, 0.6) is 0 Å². The van der Waals surface area contributed by atoms with Crippen LogP contribution in [0, 0.1) is 5.92 Å². The fraction of sp³-hybridized carbons (Fsp3) is 0.583.